The molecule has 1 fully saturated rings. The molecule has 2 aromatic rings. The normalized spacial score (nSPS) is 16.0. The molecular weight excluding hydrogens is 385 g/mol. The number of aryl methyl sites for hydroxylation is 1. The van der Waals surface area contributed by atoms with Crippen molar-refractivity contribution in [3.63, 3.8) is 0 Å². The Balaban J connectivity index is 0.00000156. The zero-order valence-electron chi connectivity index (χ0n) is 13.7. The van der Waals surface area contributed by atoms with E-state index < -0.39 is 0 Å². The average molecular weight is 407 g/mol. The third kappa shape index (κ3) is 6.51. The van der Waals surface area contributed by atoms with Gasteiger partial charge in [-0.15, -0.1) is 24.8 Å². The molecule has 1 saturated heterocycles. The fourth-order valence-corrected chi connectivity index (χ4v) is 2.78. The van der Waals surface area contributed by atoms with Gasteiger partial charge in [0.2, 0.25) is 5.91 Å². The van der Waals surface area contributed by atoms with E-state index in [1.807, 2.05) is 24.3 Å². The number of amides is 1. The molecule has 0 bridgehead atoms. The van der Waals surface area contributed by atoms with E-state index in [1.165, 1.54) is 6.42 Å². The Morgan fingerprint density at radius 2 is 2.08 bits per heavy atom. The van der Waals surface area contributed by atoms with Crippen molar-refractivity contribution in [3.8, 4) is 11.3 Å². The van der Waals surface area contributed by atoms with Crippen LogP contribution < -0.4 is 10.6 Å². The zero-order chi connectivity index (χ0) is 16.1. The highest BCUT2D eigenvalue weighted by atomic mass is 35.5. The molecule has 1 aromatic heterocycles. The number of oxazole rings is 1. The van der Waals surface area contributed by atoms with Crippen LogP contribution in [0, 0.1) is 0 Å². The number of nitrogens with zero attached hydrogens (tertiary/aromatic N) is 1. The lowest BCUT2D eigenvalue weighted by atomic mass is 10.2. The van der Waals surface area contributed by atoms with Gasteiger partial charge < -0.3 is 15.1 Å². The molecule has 0 aliphatic carbocycles. The van der Waals surface area contributed by atoms with Crippen molar-refractivity contribution in [2.24, 2.45) is 0 Å². The van der Waals surface area contributed by atoms with E-state index in [4.69, 9.17) is 16.0 Å². The van der Waals surface area contributed by atoms with Crippen LogP contribution in [0.15, 0.2) is 34.9 Å². The first-order valence-electron chi connectivity index (χ1n) is 7.91. The highest BCUT2D eigenvalue weighted by molar-refractivity contribution is 6.30. The summed E-state index contributed by atoms with van der Waals surface area (Å²) < 4.78 is 5.69. The van der Waals surface area contributed by atoms with Crippen molar-refractivity contribution in [3.05, 3.63) is 41.4 Å². The number of rotatable bonds is 6. The summed E-state index contributed by atoms with van der Waals surface area (Å²) in [6.07, 6.45) is 4.87. The van der Waals surface area contributed by atoms with Crippen molar-refractivity contribution >= 4 is 42.3 Å². The molecular formula is C17H22Cl3N3O2. The van der Waals surface area contributed by atoms with Crippen molar-refractivity contribution in [2.75, 3.05) is 13.1 Å². The number of carbonyl (C=O) groups excluding carboxylic acids is 1. The minimum absolute atomic E-state index is 0. The predicted octanol–water partition coefficient (Wildman–Crippen LogP) is 3.64. The maximum absolute atomic E-state index is 11.9. The van der Waals surface area contributed by atoms with E-state index in [0.29, 0.717) is 42.1 Å². The van der Waals surface area contributed by atoms with Gasteiger partial charge in [-0.3, -0.25) is 4.79 Å². The highest BCUT2D eigenvalue weighted by Crippen LogP contribution is 2.22. The Labute approximate surface area is 164 Å². The van der Waals surface area contributed by atoms with E-state index >= 15 is 0 Å². The first kappa shape index (κ1) is 21.8. The van der Waals surface area contributed by atoms with E-state index in [-0.39, 0.29) is 30.7 Å². The van der Waals surface area contributed by atoms with Crippen molar-refractivity contribution < 1.29 is 9.21 Å². The van der Waals surface area contributed by atoms with E-state index in [9.17, 15) is 4.79 Å². The molecule has 0 radical (unpaired) electrons. The molecule has 3 rings (SSSR count). The summed E-state index contributed by atoms with van der Waals surface area (Å²) in [4.78, 5) is 16.1. The van der Waals surface area contributed by atoms with Gasteiger partial charge in [0.15, 0.2) is 11.7 Å². The van der Waals surface area contributed by atoms with E-state index in [1.54, 1.807) is 6.20 Å². The number of hydrogen-bond acceptors (Lipinski definition) is 4. The molecule has 8 heteroatoms. The van der Waals surface area contributed by atoms with Crippen LogP contribution in [0.3, 0.4) is 0 Å². The van der Waals surface area contributed by atoms with Gasteiger partial charge in [-0.1, -0.05) is 11.6 Å². The fourth-order valence-electron chi connectivity index (χ4n) is 2.65. The number of carbonyl (C=O) groups is 1. The monoisotopic (exact) mass is 405 g/mol. The quantitative estimate of drug-likeness (QED) is 0.768. The largest absolute Gasteiger partial charge is 0.441 e. The summed E-state index contributed by atoms with van der Waals surface area (Å²) in [5.74, 6) is 1.29. The maximum atomic E-state index is 11.9. The Hall–Kier alpha value is -1.27. The molecule has 1 unspecified atom stereocenters. The van der Waals surface area contributed by atoms with Gasteiger partial charge >= 0.3 is 0 Å². The predicted molar refractivity (Wildman–Crippen MR) is 104 cm³/mol. The molecule has 0 spiro atoms. The summed E-state index contributed by atoms with van der Waals surface area (Å²) in [6.45, 7) is 1.74. The zero-order valence-corrected chi connectivity index (χ0v) is 16.1. The molecule has 2 heterocycles. The van der Waals surface area contributed by atoms with Gasteiger partial charge in [0, 0.05) is 36.0 Å². The van der Waals surface area contributed by atoms with Gasteiger partial charge in [-0.05, 0) is 43.7 Å². The molecule has 25 heavy (non-hydrogen) atoms. The number of aromatic nitrogens is 1. The molecule has 0 saturated carbocycles. The molecule has 1 aliphatic rings. The van der Waals surface area contributed by atoms with Crippen LogP contribution in [0.25, 0.3) is 11.3 Å². The lowest BCUT2D eigenvalue weighted by molar-refractivity contribution is -0.121. The summed E-state index contributed by atoms with van der Waals surface area (Å²) >= 11 is 5.87. The summed E-state index contributed by atoms with van der Waals surface area (Å²) in [7, 11) is 0. The summed E-state index contributed by atoms with van der Waals surface area (Å²) in [5.41, 5.74) is 0.921. The lowest BCUT2D eigenvalue weighted by Gasteiger charge is -2.10. The maximum Gasteiger partial charge on any atom is 0.220 e. The van der Waals surface area contributed by atoms with Crippen molar-refractivity contribution in [1.29, 1.82) is 0 Å². The fraction of sp³-hybridized carbons (Fsp3) is 0.412. The van der Waals surface area contributed by atoms with Crippen LogP contribution in [0.4, 0.5) is 0 Å². The molecule has 1 atom stereocenters. The third-order valence-electron chi connectivity index (χ3n) is 3.96. The second-order valence-corrected chi connectivity index (χ2v) is 6.16. The van der Waals surface area contributed by atoms with Crippen LogP contribution in [0.2, 0.25) is 5.02 Å². The molecule has 138 valence electrons. The molecule has 1 amide bonds. The number of hydrogen-bond donors (Lipinski definition) is 2. The Kier molecular flexibility index (Phi) is 9.28. The smallest absolute Gasteiger partial charge is 0.220 e. The van der Waals surface area contributed by atoms with Gasteiger partial charge in [0.05, 0.1) is 6.20 Å². The van der Waals surface area contributed by atoms with Crippen LogP contribution in [-0.2, 0) is 11.2 Å². The second kappa shape index (κ2) is 10.7. The van der Waals surface area contributed by atoms with Gasteiger partial charge in [0.1, 0.15) is 0 Å². The first-order valence-corrected chi connectivity index (χ1v) is 8.29. The summed E-state index contributed by atoms with van der Waals surface area (Å²) in [6, 6.07) is 7.80. The second-order valence-electron chi connectivity index (χ2n) is 5.72. The topological polar surface area (TPSA) is 67.2 Å². The van der Waals surface area contributed by atoms with Crippen LogP contribution in [0.5, 0.6) is 0 Å². The highest BCUT2D eigenvalue weighted by Gasteiger charge is 2.15. The molecule has 5 nitrogen and oxygen atoms in total. The van der Waals surface area contributed by atoms with Crippen LogP contribution in [-0.4, -0.2) is 30.0 Å². The van der Waals surface area contributed by atoms with Crippen LogP contribution in [0.1, 0.15) is 25.2 Å². The minimum Gasteiger partial charge on any atom is -0.441 e. The van der Waals surface area contributed by atoms with Crippen LogP contribution >= 0.6 is 36.4 Å². The molecule has 1 aromatic carbocycles. The van der Waals surface area contributed by atoms with Gasteiger partial charge in [-0.2, -0.15) is 0 Å². The van der Waals surface area contributed by atoms with E-state index in [2.05, 4.69) is 15.6 Å². The Morgan fingerprint density at radius 3 is 2.76 bits per heavy atom. The van der Waals surface area contributed by atoms with Gasteiger partial charge in [-0.25, -0.2) is 4.98 Å². The number of benzene rings is 1. The Bertz CT molecular complexity index is 655. The number of halogens is 3. The molecule has 1 aliphatic heterocycles. The van der Waals surface area contributed by atoms with E-state index in [0.717, 1.165) is 18.5 Å². The average Bonchev–Trinajstić information content (AvgIpc) is 3.23. The first-order chi connectivity index (χ1) is 11.2. The SMILES string of the molecule is Cl.Cl.O=C(CCc1ncc(-c2ccc(Cl)cc2)o1)NCC1CCCN1. The lowest BCUT2D eigenvalue weighted by Crippen LogP contribution is -2.37. The van der Waals surface area contributed by atoms with Crippen molar-refractivity contribution in [2.45, 2.75) is 31.7 Å². The molecule has 2 N–H and O–H groups in total. The Morgan fingerprint density at radius 1 is 1.32 bits per heavy atom. The minimum atomic E-state index is 0. The van der Waals surface area contributed by atoms with Gasteiger partial charge in [0.25, 0.3) is 0 Å². The summed E-state index contributed by atoms with van der Waals surface area (Å²) in [5, 5.41) is 6.99. The third-order valence-corrected chi connectivity index (χ3v) is 4.21. The number of nitrogens with one attached hydrogen (secondary N) is 2. The van der Waals surface area contributed by atoms with Crippen molar-refractivity contribution in [1.82, 2.24) is 15.6 Å². The standard InChI is InChI=1S/C17H20ClN3O2.2ClH/c18-13-5-3-12(4-6-13)15-11-21-17(23-15)8-7-16(22)20-10-14-2-1-9-19-14;;/h3-6,11,14,19H,1-2,7-10H2,(H,20,22);2*1H.